The summed E-state index contributed by atoms with van der Waals surface area (Å²) in [6.45, 7) is 5.91. The second-order valence-electron chi connectivity index (χ2n) is 6.10. The molecule has 0 radical (unpaired) electrons. The molecule has 2 rings (SSSR count). The summed E-state index contributed by atoms with van der Waals surface area (Å²) in [5.74, 6) is -0.0827. The maximum absolute atomic E-state index is 14.2. The fraction of sp³-hybridized carbons (Fsp3) is 0.667. The Morgan fingerprint density at radius 1 is 1.43 bits per heavy atom. The molecule has 1 aromatic rings. The highest BCUT2D eigenvalue weighted by Crippen LogP contribution is 2.25. The molecule has 0 spiro atoms. The molecule has 1 saturated heterocycles. The van der Waals surface area contributed by atoms with Crippen LogP contribution in [0.1, 0.15) is 62.6 Å². The highest BCUT2D eigenvalue weighted by molar-refractivity contribution is 5.26. The van der Waals surface area contributed by atoms with Gasteiger partial charge in [-0.15, -0.1) is 0 Å². The van der Waals surface area contributed by atoms with E-state index in [0.29, 0.717) is 6.10 Å². The Morgan fingerprint density at radius 2 is 2.29 bits per heavy atom. The number of hydrogen-bond donors (Lipinski definition) is 1. The highest BCUT2D eigenvalue weighted by atomic mass is 19.1. The lowest BCUT2D eigenvalue weighted by atomic mass is 9.97. The Bertz CT molecular complexity index is 429. The van der Waals surface area contributed by atoms with Crippen LogP contribution >= 0.6 is 0 Å². The van der Waals surface area contributed by atoms with Gasteiger partial charge >= 0.3 is 0 Å². The van der Waals surface area contributed by atoms with Crippen LogP contribution in [0.15, 0.2) is 18.2 Å². The first-order valence-electron chi connectivity index (χ1n) is 8.31. The van der Waals surface area contributed by atoms with Crippen LogP contribution in [0, 0.1) is 12.7 Å². The van der Waals surface area contributed by atoms with Crippen molar-refractivity contribution in [3.8, 4) is 0 Å². The molecule has 0 aliphatic carbocycles. The van der Waals surface area contributed by atoms with Gasteiger partial charge < -0.3 is 10.1 Å². The van der Waals surface area contributed by atoms with Crippen LogP contribution in [0.25, 0.3) is 0 Å². The van der Waals surface area contributed by atoms with Gasteiger partial charge in [0.05, 0.1) is 6.10 Å². The molecule has 1 heterocycles. The minimum absolute atomic E-state index is 0.0827. The van der Waals surface area contributed by atoms with Crippen molar-refractivity contribution in [2.45, 2.75) is 64.5 Å². The molecule has 2 unspecified atom stereocenters. The summed E-state index contributed by atoms with van der Waals surface area (Å²) < 4.78 is 19.9. The number of nitrogens with one attached hydrogen (secondary N) is 1. The summed E-state index contributed by atoms with van der Waals surface area (Å²) in [6, 6.07) is 5.69. The topological polar surface area (TPSA) is 21.3 Å². The summed E-state index contributed by atoms with van der Waals surface area (Å²) in [5, 5.41) is 3.49. The van der Waals surface area contributed by atoms with E-state index in [-0.39, 0.29) is 11.9 Å². The molecule has 118 valence electrons. The quantitative estimate of drug-likeness (QED) is 0.760. The van der Waals surface area contributed by atoms with Gasteiger partial charge in [-0.2, -0.15) is 0 Å². The summed E-state index contributed by atoms with van der Waals surface area (Å²) in [4.78, 5) is 0. The average Bonchev–Trinajstić information content (AvgIpc) is 2.96. The molecule has 1 N–H and O–H groups in total. The van der Waals surface area contributed by atoms with Gasteiger partial charge in [-0.05, 0) is 63.6 Å². The molecule has 0 aromatic heterocycles. The van der Waals surface area contributed by atoms with E-state index in [9.17, 15) is 4.39 Å². The molecule has 0 saturated carbocycles. The van der Waals surface area contributed by atoms with Crippen molar-refractivity contribution < 1.29 is 9.13 Å². The van der Waals surface area contributed by atoms with Gasteiger partial charge in [0.2, 0.25) is 0 Å². The number of halogens is 1. The van der Waals surface area contributed by atoms with Crippen LogP contribution < -0.4 is 5.32 Å². The van der Waals surface area contributed by atoms with E-state index < -0.39 is 0 Å². The Labute approximate surface area is 128 Å². The summed E-state index contributed by atoms with van der Waals surface area (Å²) in [6.07, 6.45) is 7.02. The standard InChI is InChI=1S/C18H28FNO/c1-3-11-20-18(8-4-6-15-7-5-12-21-15)16-10-9-14(2)13-17(16)19/h9-10,13,15,18,20H,3-8,11-12H2,1-2H3. The van der Waals surface area contributed by atoms with E-state index in [2.05, 4.69) is 12.2 Å². The molecule has 1 aliphatic rings. The first-order valence-corrected chi connectivity index (χ1v) is 8.31. The van der Waals surface area contributed by atoms with Gasteiger partial charge in [-0.3, -0.25) is 0 Å². The maximum atomic E-state index is 14.2. The van der Waals surface area contributed by atoms with E-state index in [1.165, 1.54) is 12.8 Å². The Morgan fingerprint density at radius 3 is 2.95 bits per heavy atom. The van der Waals surface area contributed by atoms with Gasteiger partial charge in [0.15, 0.2) is 0 Å². The minimum Gasteiger partial charge on any atom is -0.378 e. The summed E-state index contributed by atoms with van der Waals surface area (Å²) in [5.41, 5.74) is 1.78. The van der Waals surface area contributed by atoms with Crippen LogP contribution in [0.5, 0.6) is 0 Å². The van der Waals surface area contributed by atoms with Gasteiger partial charge in [0.25, 0.3) is 0 Å². The molecule has 21 heavy (non-hydrogen) atoms. The van der Waals surface area contributed by atoms with Crippen LogP contribution in [0.3, 0.4) is 0 Å². The van der Waals surface area contributed by atoms with Crippen molar-refractivity contribution in [3.05, 3.63) is 35.1 Å². The largest absolute Gasteiger partial charge is 0.378 e. The Hall–Kier alpha value is -0.930. The predicted molar refractivity (Wildman–Crippen MR) is 85.0 cm³/mol. The number of hydrogen-bond acceptors (Lipinski definition) is 2. The number of benzene rings is 1. The third kappa shape index (κ3) is 5.08. The van der Waals surface area contributed by atoms with E-state index in [4.69, 9.17) is 4.74 Å². The molecule has 0 bridgehead atoms. The van der Waals surface area contributed by atoms with Crippen molar-refractivity contribution in [2.24, 2.45) is 0 Å². The first-order chi connectivity index (χ1) is 10.2. The van der Waals surface area contributed by atoms with Gasteiger partial charge in [-0.1, -0.05) is 19.1 Å². The molecule has 1 fully saturated rings. The van der Waals surface area contributed by atoms with Crippen molar-refractivity contribution in [1.82, 2.24) is 5.32 Å². The monoisotopic (exact) mass is 293 g/mol. The number of aryl methyl sites for hydroxylation is 1. The highest BCUT2D eigenvalue weighted by Gasteiger charge is 2.18. The van der Waals surface area contributed by atoms with E-state index in [0.717, 1.165) is 50.0 Å². The lowest BCUT2D eigenvalue weighted by molar-refractivity contribution is 0.101. The smallest absolute Gasteiger partial charge is 0.128 e. The third-order valence-corrected chi connectivity index (χ3v) is 4.21. The normalized spacial score (nSPS) is 19.9. The summed E-state index contributed by atoms with van der Waals surface area (Å²) in [7, 11) is 0. The van der Waals surface area contributed by atoms with Crippen molar-refractivity contribution in [1.29, 1.82) is 0 Å². The minimum atomic E-state index is -0.0827. The Kier molecular flexibility index (Phi) is 6.65. The van der Waals surface area contributed by atoms with Crippen LogP contribution in [0.2, 0.25) is 0 Å². The van der Waals surface area contributed by atoms with Crippen molar-refractivity contribution in [2.75, 3.05) is 13.2 Å². The number of ether oxygens (including phenoxy) is 1. The average molecular weight is 293 g/mol. The molecule has 0 amide bonds. The molecule has 2 nitrogen and oxygen atoms in total. The molecule has 1 aromatic carbocycles. The fourth-order valence-corrected chi connectivity index (χ4v) is 3.02. The molecule has 2 atom stereocenters. The zero-order chi connectivity index (χ0) is 15.1. The molecule has 3 heteroatoms. The van der Waals surface area contributed by atoms with Crippen molar-refractivity contribution in [3.63, 3.8) is 0 Å². The lowest BCUT2D eigenvalue weighted by Crippen LogP contribution is -2.23. The molecular formula is C18H28FNO. The number of rotatable bonds is 8. The SMILES string of the molecule is CCCNC(CCCC1CCCO1)c1ccc(C)cc1F. The maximum Gasteiger partial charge on any atom is 0.128 e. The lowest BCUT2D eigenvalue weighted by Gasteiger charge is -2.20. The molecule has 1 aliphatic heterocycles. The zero-order valence-electron chi connectivity index (χ0n) is 13.3. The van der Waals surface area contributed by atoms with E-state index >= 15 is 0 Å². The predicted octanol–water partition coefficient (Wildman–Crippen LogP) is 4.52. The van der Waals surface area contributed by atoms with Crippen LogP contribution in [-0.2, 0) is 4.74 Å². The zero-order valence-corrected chi connectivity index (χ0v) is 13.3. The van der Waals surface area contributed by atoms with Gasteiger partial charge in [0.1, 0.15) is 5.82 Å². The third-order valence-electron chi connectivity index (χ3n) is 4.21. The Balaban J connectivity index is 1.92. The summed E-state index contributed by atoms with van der Waals surface area (Å²) >= 11 is 0. The fourth-order valence-electron chi connectivity index (χ4n) is 3.02. The van der Waals surface area contributed by atoms with Gasteiger partial charge in [0, 0.05) is 18.2 Å². The van der Waals surface area contributed by atoms with Crippen LogP contribution in [-0.4, -0.2) is 19.3 Å². The van der Waals surface area contributed by atoms with Crippen molar-refractivity contribution >= 4 is 0 Å². The second-order valence-corrected chi connectivity index (χ2v) is 6.10. The van der Waals surface area contributed by atoms with E-state index in [1.54, 1.807) is 6.07 Å². The first kappa shape index (κ1) is 16.4. The molecular weight excluding hydrogens is 265 g/mol. The van der Waals surface area contributed by atoms with Crippen LogP contribution in [0.4, 0.5) is 4.39 Å². The second kappa shape index (κ2) is 8.50. The van der Waals surface area contributed by atoms with E-state index in [1.807, 2.05) is 19.1 Å². The van der Waals surface area contributed by atoms with Gasteiger partial charge in [-0.25, -0.2) is 4.39 Å².